The normalized spacial score (nSPS) is 11.4. The van der Waals surface area contributed by atoms with E-state index in [0.29, 0.717) is 12.8 Å². The van der Waals surface area contributed by atoms with E-state index in [4.69, 9.17) is 11.1 Å². The van der Waals surface area contributed by atoms with Gasteiger partial charge in [-0.25, -0.2) is 9.86 Å². The lowest BCUT2D eigenvalue weighted by atomic mass is 10.3. The number of nitrogens with two attached hydrogens (primary N) is 2. The van der Waals surface area contributed by atoms with Gasteiger partial charge in [-0.3, -0.25) is 5.41 Å². The molecule has 11 heavy (non-hydrogen) atoms. The molecule has 0 amide bonds. The van der Waals surface area contributed by atoms with Gasteiger partial charge in [0.25, 0.3) is 10.2 Å². The molecule has 0 spiro atoms. The number of rotatable bonds is 5. The highest BCUT2D eigenvalue weighted by molar-refractivity contribution is 7.87. The molecule has 0 aromatic rings. The van der Waals surface area contributed by atoms with Crippen molar-refractivity contribution in [3.05, 3.63) is 0 Å². The van der Waals surface area contributed by atoms with Crippen LogP contribution in [0.5, 0.6) is 0 Å². The fourth-order valence-electron chi connectivity index (χ4n) is 0.493. The van der Waals surface area contributed by atoms with Crippen LogP contribution < -0.4 is 15.6 Å². The summed E-state index contributed by atoms with van der Waals surface area (Å²) in [7, 11) is -3.58. The van der Waals surface area contributed by atoms with E-state index in [1.165, 1.54) is 0 Å². The largest absolute Gasteiger partial charge is 0.388 e. The zero-order chi connectivity index (χ0) is 8.91. The maximum atomic E-state index is 10.3. The summed E-state index contributed by atoms with van der Waals surface area (Å²) >= 11 is 0. The second kappa shape index (κ2) is 4.27. The van der Waals surface area contributed by atoms with Crippen LogP contribution in [-0.4, -0.2) is 20.8 Å². The van der Waals surface area contributed by atoms with Crippen molar-refractivity contribution in [1.82, 2.24) is 4.72 Å². The summed E-state index contributed by atoms with van der Waals surface area (Å²) in [5.41, 5.74) is 5.02. The second-order valence-corrected chi connectivity index (χ2v) is 3.45. The third-order valence-electron chi connectivity index (χ3n) is 0.926. The maximum Gasteiger partial charge on any atom is 0.274 e. The molecule has 0 aromatic carbocycles. The van der Waals surface area contributed by atoms with Gasteiger partial charge < -0.3 is 5.73 Å². The van der Waals surface area contributed by atoms with E-state index in [1.807, 2.05) is 0 Å². The predicted octanol–water partition coefficient (Wildman–Crippen LogP) is -1.50. The fourth-order valence-corrected chi connectivity index (χ4v) is 0.922. The molecule has 0 saturated heterocycles. The molecule has 6 nitrogen and oxygen atoms in total. The number of nitrogens with one attached hydrogen (secondary N) is 2. The van der Waals surface area contributed by atoms with Crippen LogP contribution in [0.2, 0.25) is 0 Å². The summed E-state index contributed by atoms with van der Waals surface area (Å²) in [5.74, 6) is 0.0428. The van der Waals surface area contributed by atoms with Gasteiger partial charge in [-0.05, 0) is 6.42 Å². The summed E-state index contributed by atoms with van der Waals surface area (Å²) in [4.78, 5) is 0. The van der Waals surface area contributed by atoms with Crippen molar-refractivity contribution in [1.29, 1.82) is 5.41 Å². The average Bonchev–Trinajstić information content (AvgIpc) is 1.78. The van der Waals surface area contributed by atoms with Gasteiger partial charge in [0.1, 0.15) is 0 Å². The van der Waals surface area contributed by atoms with Crippen molar-refractivity contribution in [2.75, 3.05) is 6.54 Å². The Bertz CT molecular complexity index is 222. The zero-order valence-electron chi connectivity index (χ0n) is 6.00. The monoisotopic (exact) mass is 180 g/mol. The highest BCUT2D eigenvalue weighted by Crippen LogP contribution is 1.84. The van der Waals surface area contributed by atoms with Gasteiger partial charge >= 0.3 is 0 Å². The van der Waals surface area contributed by atoms with E-state index < -0.39 is 10.2 Å². The van der Waals surface area contributed by atoms with Gasteiger partial charge in [0.15, 0.2) is 0 Å². The minimum Gasteiger partial charge on any atom is -0.388 e. The third-order valence-corrected chi connectivity index (χ3v) is 1.53. The minimum absolute atomic E-state index is 0.0428. The molecule has 0 fully saturated rings. The van der Waals surface area contributed by atoms with Crippen LogP contribution in [0.3, 0.4) is 0 Å². The summed E-state index contributed by atoms with van der Waals surface area (Å²) in [6, 6.07) is 0. The van der Waals surface area contributed by atoms with Crippen molar-refractivity contribution in [3.8, 4) is 0 Å². The molecule has 0 bridgehead atoms. The highest BCUT2D eigenvalue weighted by Gasteiger charge is 1.98. The molecule has 0 saturated carbocycles. The summed E-state index contributed by atoms with van der Waals surface area (Å²) < 4.78 is 22.6. The van der Waals surface area contributed by atoms with Gasteiger partial charge in [-0.2, -0.15) is 8.42 Å². The van der Waals surface area contributed by atoms with E-state index >= 15 is 0 Å². The number of amidine groups is 1. The van der Waals surface area contributed by atoms with Crippen molar-refractivity contribution >= 4 is 16.0 Å². The Hall–Kier alpha value is -0.660. The molecule has 66 valence electrons. The second-order valence-electron chi connectivity index (χ2n) is 2.07. The molecule has 0 aliphatic rings. The van der Waals surface area contributed by atoms with E-state index in [1.54, 1.807) is 0 Å². The lowest BCUT2D eigenvalue weighted by Gasteiger charge is -1.99. The lowest BCUT2D eigenvalue weighted by Crippen LogP contribution is -2.31. The molecule has 0 unspecified atom stereocenters. The van der Waals surface area contributed by atoms with Gasteiger partial charge in [-0.1, -0.05) is 0 Å². The van der Waals surface area contributed by atoms with Crippen molar-refractivity contribution < 1.29 is 8.42 Å². The van der Waals surface area contributed by atoms with E-state index in [-0.39, 0.29) is 12.4 Å². The Kier molecular flexibility index (Phi) is 4.01. The van der Waals surface area contributed by atoms with Crippen LogP contribution in [0.15, 0.2) is 0 Å². The zero-order valence-corrected chi connectivity index (χ0v) is 6.82. The first-order chi connectivity index (χ1) is 4.92. The Labute approximate surface area is 65.6 Å². The molecule has 7 heteroatoms. The molecule has 0 radical (unpaired) electrons. The predicted molar refractivity (Wildman–Crippen MR) is 42.3 cm³/mol. The van der Waals surface area contributed by atoms with Crippen LogP contribution in [0.4, 0.5) is 0 Å². The minimum atomic E-state index is -3.58. The number of hydrogen-bond acceptors (Lipinski definition) is 3. The molecule has 0 aromatic heterocycles. The van der Waals surface area contributed by atoms with Crippen LogP contribution >= 0.6 is 0 Å². The molecule has 0 rings (SSSR count). The Morgan fingerprint density at radius 3 is 2.45 bits per heavy atom. The van der Waals surface area contributed by atoms with Gasteiger partial charge in [0.2, 0.25) is 0 Å². The fraction of sp³-hybridized carbons (Fsp3) is 0.750. The first-order valence-electron chi connectivity index (χ1n) is 3.02. The number of hydrogen-bond donors (Lipinski definition) is 4. The average molecular weight is 180 g/mol. The van der Waals surface area contributed by atoms with E-state index in [2.05, 4.69) is 9.86 Å². The smallest absolute Gasteiger partial charge is 0.274 e. The molecule has 0 aliphatic carbocycles. The topological polar surface area (TPSA) is 122 Å². The van der Waals surface area contributed by atoms with Crippen molar-refractivity contribution in [3.63, 3.8) is 0 Å². The SMILES string of the molecule is N=C(N)CCCNS(N)(=O)=O. The summed E-state index contributed by atoms with van der Waals surface area (Å²) in [6.45, 7) is 0.221. The van der Waals surface area contributed by atoms with Gasteiger partial charge in [0.05, 0.1) is 5.84 Å². The molecule has 0 atom stereocenters. The Balaban J connectivity index is 3.37. The Morgan fingerprint density at radius 2 is 2.09 bits per heavy atom. The van der Waals surface area contributed by atoms with Gasteiger partial charge in [-0.15, -0.1) is 0 Å². The Morgan fingerprint density at radius 1 is 1.55 bits per heavy atom. The van der Waals surface area contributed by atoms with E-state index in [9.17, 15) is 8.42 Å². The summed E-state index contributed by atoms with van der Waals surface area (Å²) in [6.07, 6.45) is 0.869. The highest BCUT2D eigenvalue weighted by atomic mass is 32.2. The van der Waals surface area contributed by atoms with Crippen LogP contribution in [0.25, 0.3) is 0 Å². The first kappa shape index (κ1) is 10.3. The van der Waals surface area contributed by atoms with Crippen LogP contribution in [0, 0.1) is 5.41 Å². The van der Waals surface area contributed by atoms with E-state index in [0.717, 1.165) is 0 Å². The lowest BCUT2D eigenvalue weighted by molar-refractivity contribution is 0.581. The van der Waals surface area contributed by atoms with Crippen LogP contribution in [-0.2, 0) is 10.2 Å². The maximum absolute atomic E-state index is 10.3. The summed E-state index contributed by atoms with van der Waals surface area (Å²) in [5, 5.41) is 11.4. The van der Waals surface area contributed by atoms with Crippen molar-refractivity contribution in [2.24, 2.45) is 10.9 Å². The standard InChI is InChI=1S/C4H12N4O2S/c5-4(6)2-1-3-8-11(7,9)10/h8H,1-3H2,(H3,5,6)(H2,7,9,10). The van der Waals surface area contributed by atoms with Crippen molar-refractivity contribution in [2.45, 2.75) is 12.8 Å². The molecule has 6 N–H and O–H groups in total. The van der Waals surface area contributed by atoms with Gasteiger partial charge in [0, 0.05) is 13.0 Å². The quantitative estimate of drug-likeness (QED) is 0.234. The van der Waals surface area contributed by atoms with Crippen LogP contribution in [0.1, 0.15) is 12.8 Å². The third kappa shape index (κ3) is 9.34. The molecular weight excluding hydrogens is 168 g/mol. The first-order valence-corrected chi connectivity index (χ1v) is 4.57. The molecular formula is C4H12N4O2S. The molecule has 0 heterocycles. The molecule has 0 aliphatic heterocycles.